The Balaban J connectivity index is 1.68. The van der Waals surface area contributed by atoms with Crippen molar-refractivity contribution >= 4 is 57.8 Å². The molecular formula is C28H32ClFIN5O3. The first-order valence-electron chi connectivity index (χ1n) is 12.7. The fourth-order valence-corrected chi connectivity index (χ4v) is 5.43. The third kappa shape index (κ3) is 7.21. The standard InChI is InChI=1S/C28H32ClFIN5O3/c1-28(2,3)39-27(38)32-20-9-7-15-35(17-20)26-33-24(31)23(36(26)16-18-8-5-6-10-22(18)29)25(37)34(4)21-13-11-19(30)12-14-21/h5-6,8,10-14,20H,7,9,15-17H2,1-4H3,(H,32,38)/t20-/m1/s1. The van der Waals surface area contributed by atoms with Crippen LogP contribution < -0.4 is 15.1 Å². The van der Waals surface area contributed by atoms with Crippen molar-refractivity contribution in [3.8, 4) is 0 Å². The number of anilines is 2. The first-order chi connectivity index (χ1) is 18.4. The molecule has 1 aliphatic rings. The molecule has 39 heavy (non-hydrogen) atoms. The molecule has 1 aromatic heterocycles. The average molecular weight is 668 g/mol. The van der Waals surface area contributed by atoms with Crippen LogP contribution in [0.5, 0.6) is 0 Å². The van der Waals surface area contributed by atoms with Gasteiger partial charge in [-0.2, -0.15) is 0 Å². The van der Waals surface area contributed by atoms with Gasteiger partial charge in [0.15, 0.2) is 0 Å². The van der Waals surface area contributed by atoms with E-state index in [1.165, 1.54) is 17.0 Å². The monoisotopic (exact) mass is 667 g/mol. The predicted octanol–water partition coefficient (Wildman–Crippen LogP) is 6.10. The maximum atomic E-state index is 13.8. The van der Waals surface area contributed by atoms with Crippen LogP contribution in [-0.2, 0) is 11.3 Å². The summed E-state index contributed by atoms with van der Waals surface area (Å²) in [4.78, 5) is 34.6. The number of imidazole rings is 1. The zero-order valence-electron chi connectivity index (χ0n) is 22.4. The van der Waals surface area contributed by atoms with Crippen molar-refractivity contribution in [1.29, 1.82) is 0 Å². The van der Waals surface area contributed by atoms with E-state index in [-0.39, 0.29) is 17.8 Å². The quantitative estimate of drug-likeness (QED) is 0.322. The smallest absolute Gasteiger partial charge is 0.407 e. The lowest BCUT2D eigenvalue weighted by atomic mass is 10.1. The van der Waals surface area contributed by atoms with Gasteiger partial charge in [-0.15, -0.1) is 0 Å². The van der Waals surface area contributed by atoms with E-state index in [9.17, 15) is 14.0 Å². The molecule has 0 unspecified atom stereocenters. The van der Waals surface area contributed by atoms with Gasteiger partial charge in [0.25, 0.3) is 5.91 Å². The molecule has 1 saturated heterocycles. The number of alkyl carbamates (subject to hydrolysis) is 1. The maximum absolute atomic E-state index is 13.8. The second-order valence-corrected chi connectivity index (χ2v) is 11.9. The van der Waals surface area contributed by atoms with E-state index < -0.39 is 11.7 Å². The summed E-state index contributed by atoms with van der Waals surface area (Å²) in [6.45, 7) is 7.03. The molecule has 4 rings (SSSR count). The van der Waals surface area contributed by atoms with Gasteiger partial charge in [-0.25, -0.2) is 14.2 Å². The molecule has 8 nitrogen and oxygen atoms in total. The Labute approximate surface area is 246 Å². The zero-order chi connectivity index (χ0) is 28.3. The number of rotatable bonds is 6. The summed E-state index contributed by atoms with van der Waals surface area (Å²) in [5, 5.41) is 3.56. The molecule has 11 heteroatoms. The SMILES string of the molecule is CN(C(=O)c1c(I)nc(N2CCC[C@@H](NC(=O)OC(C)(C)C)C2)n1Cc1ccccc1Cl)c1ccc(F)cc1. The molecule has 1 atom stereocenters. The molecule has 1 N–H and O–H groups in total. The van der Waals surface area contributed by atoms with Crippen LogP contribution in [0.1, 0.15) is 49.7 Å². The van der Waals surface area contributed by atoms with Crippen LogP contribution in [0.3, 0.4) is 0 Å². The minimum atomic E-state index is -0.592. The Morgan fingerprint density at radius 1 is 1.21 bits per heavy atom. The highest BCUT2D eigenvalue weighted by Gasteiger charge is 2.31. The van der Waals surface area contributed by atoms with Crippen molar-refractivity contribution in [2.75, 3.05) is 29.9 Å². The fraction of sp³-hybridized carbons (Fsp3) is 0.393. The molecule has 1 fully saturated rings. The van der Waals surface area contributed by atoms with Crippen LogP contribution in [0.25, 0.3) is 0 Å². The molecular weight excluding hydrogens is 636 g/mol. The number of ether oxygens (including phenoxy) is 1. The largest absolute Gasteiger partial charge is 0.444 e. The molecule has 0 saturated carbocycles. The Morgan fingerprint density at radius 2 is 1.90 bits per heavy atom. The van der Waals surface area contributed by atoms with Crippen molar-refractivity contribution in [2.45, 2.75) is 51.8 Å². The van der Waals surface area contributed by atoms with E-state index in [0.717, 1.165) is 18.4 Å². The highest BCUT2D eigenvalue weighted by atomic mass is 127. The van der Waals surface area contributed by atoms with Crippen molar-refractivity contribution in [1.82, 2.24) is 14.9 Å². The lowest BCUT2D eigenvalue weighted by Gasteiger charge is -2.34. The summed E-state index contributed by atoms with van der Waals surface area (Å²) in [6.07, 6.45) is 1.17. The number of piperidine rings is 1. The van der Waals surface area contributed by atoms with Gasteiger partial charge < -0.3 is 24.4 Å². The average Bonchev–Trinajstić information content (AvgIpc) is 3.19. The number of aromatic nitrogens is 2. The van der Waals surface area contributed by atoms with Gasteiger partial charge in [-0.05, 0) is 92.1 Å². The number of nitrogens with one attached hydrogen (secondary N) is 1. The van der Waals surface area contributed by atoms with E-state index in [1.54, 1.807) is 19.2 Å². The lowest BCUT2D eigenvalue weighted by molar-refractivity contribution is 0.0499. The highest BCUT2D eigenvalue weighted by Crippen LogP contribution is 2.29. The van der Waals surface area contributed by atoms with E-state index >= 15 is 0 Å². The highest BCUT2D eigenvalue weighted by molar-refractivity contribution is 14.1. The Hall–Kier alpha value is -2.86. The minimum Gasteiger partial charge on any atom is -0.444 e. The normalized spacial score (nSPS) is 15.7. The predicted molar refractivity (Wildman–Crippen MR) is 159 cm³/mol. The van der Waals surface area contributed by atoms with Crippen molar-refractivity contribution < 1.29 is 18.7 Å². The summed E-state index contributed by atoms with van der Waals surface area (Å²) in [7, 11) is 1.65. The van der Waals surface area contributed by atoms with E-state index in [1.807, 2.05) is 49.6 Å². The van der Waals surface area contributed by atoms with Gasteiger partial charge in [0, 0.05) is 36.9 Å². The molecule has 2 heterocycles. The second-order valence-electron chi connectivity index (χ2n) is 10.5. The van der Waals surface area contributed by atoms with Crippen LogP contribution >= 0.6 is 34.2 Å². The van der Waals surface area contributed by atoms with Gasteiger partial charge >= 0.3 is 6.09 Å². The Bertz CT molecular complexity index is 1340. The van der Waals surface area contributed by atoms with Crippen LogP contribution in [0.15, 0.2) is 48.5 Å². The van der Waals surface area contributed by atoms with Gasteiger partial charge in [0.1, 0.15) is 20.8 Å². The number of benzene rings is 2. The van der Waals surface area contributed by atoms with Crippen LogP contribution in [0.4, 0.5) is 20.8 Å². The summed E-state index contributed by atoms with van der Waals surface area (Å²) < 4.78 is 21.4. The topological polar surface area (TPSA) is 79.7 Å². The number of nitrogens with zero attached hydrogens (tertiary/aromatic N) is 4. The third-order valence-corrected chi connectivity index (χ3v) is 7.46. The number of halogens is 3. The van der Waals surface area contributed by atoms with Crippen molar-refractivity contribution in [3.05, 3.63) is 74.3 Å². The number of carbonyl (C=O) groups excluding carboxylic acids is 2. The van der Waals surface area contributed by atoms with Gasteiger partial charge in [-0.3, -0.25) is 4.79 Å². The summed E-state index contributed by atoms with van der Waals surface area (Å²) in [5.41, 5.74) is 1.21. The van der Waals surface area contributed by atoms with Crippen molar-refractivity contribution in [2.24, 2.45) is 0 Å². The Morgan fingerprint density at radius 3 is 2.56 bits per heavy atom. The molecule has 0 radical (unpaired) electrons. The van der Waals surface area contributed by atoms with Crippen LogP contribution in [-0.4, -0.2) is 53.3 Å². The van der Waals surface area contributed by atoms with Gasteiger partial charge in [0.05, 0.1) is 6.54 Å². The van der Waals surface area contributed by atoms with Gasteiger partial charge in [-0.1, -0.05) is 29.8 Å². The van der Waals surface area contributed by atoms with Gasteiger partial charge in [0.2, 0.25) is 5.95 Å². The number of amides is 2. The van der Waals surface area contributed by atoms with Crippen LogP contribution in [0.2, 0.25) is 5.02 Å². The van der Waals surface area contributed by atoms with E-state index in [2.05, 4.69) is 32.8 Å². The molecule has 0 aliphatic carbocycles. The number of hydrogen-bond donors (Lipinski definition) is 1. The Kier molecular flexibility index (Phi) is 9.05. The zero-order valence-corrected chi connectivity index (χ0v) is 25.3. The lowest BCUT2D eigenvalue weighted by Crippen LogP contribution is -2.49. The second kappa shape index (κ2) is 12.1. The molecule has 2 amide bonds. The minimum absolute atomic E-state index is 0.141. The maximum Gasteiger partial charge on any atom is 0.407 e. The summed E-state index contributed by atoms with van der Waals surface area (Å²) >= 11 is 8.59. The first-order valence-corrected chi connectivity index (χ1v) is 14.2. The summed E-state index contributed by atoms with van der Waals surface area (Å²) in [5.74, 6) is -0.0389. The molecule has 1 aliphatic heterocycles. The van der Waals surface area contributed by atoms with Crippen LogP contribution in [0, 0.1) is 9.52 Å². The third-order valence-electron chi connectivity index (χ3n) is 6.34. The van der Waals surface area contributed by atoms with Crippen molar-refractivity contribution in [3.63, 3.8) is 0 Å². The molecule has 0 spiro atoms. The molecule has 3 aromatic rings. The fourth-order valence-electron chi connectivity index (χ4n) is 4.50. The summed E-state index contributed by atoms with van der Waals surface area (Å²) in [6, 6.07) is 13.1. The number of hydrogen-bond acceptors (Lipinski definition) is 5. The molecule has 0 bridgehead atoms. The first kappa shape index (κ1) is 29.1. The van der Waals surface area contributed by atoms with E-state index in [0.29, 0.717) is 45.7 Å². The van der Waals surface area contributed by atoms with E-state index in [4.69, 9.17) is 21.3 Å². The molecule has 208 valence electrons. The number of carbonyl (C=O) groups is 2. The molecule has 2 aromatic carbocycles.